The molecule has 0 spiro atoms. The Labute approximate surface area is 100 Å². The summed E-state index contributed by atoms with van der Waals surface area (Å²) in [5, 5.41) is 15.8. The quantitative estimate of drug-likeness (QED) is 0.822. The molecule has 0 aliphatic carbocycles. The van der Waals surface area contributed by atoms with Gasteiger partial charge in [-0.05, 0) is 19.1 Å². The Hall–Kier alpha value is -2.17. The fraction of sp³-hybridized carbons (Fsp3) is 0.250. The molecule has 1 heterocycles. The molecule has 0 aliphatic heterocycles. The molecule has 2 aromatic rings. The normalized spacial score (nSPS) is 11.0. The molecule has 5 heteroatoms. The van der Waals surface area contributed by atoms with Crippen molar-refractivity contribution in [3.63, 3.8) is 0 Å². The van der Waals surface area contributed by atoms with Crippen molar-refractivity contribution in [2.75, 3.05) is 12.4 Å². The Kier molecular flexibility index (Phi) is 3.18. The number of benzene rings is 1. The number of rotatable bonds is 3. The third-order valence-corrected chi connectivity index (χ3v) is 2.45. The Balaban J connectivity index is 2.33. The second-order valence-corrected chi connectivity index (χ2v) is 3.69. The molecule has 0 fully saturated rings. The first-order valence-corrected chi connectivity index (χ1v) is 5.40. The molecule has 1 aromatic heterocycles. The lowest BCUT2D eigenvalue weighted by Gasteiger charge is -2.00. The molecule has 0 unspecified atom stereocenters. The van der Waals surface area contributed by atoms with Crippen LogP contribution in [0, 0.1) is 6.92 Å². The van der Waals surface area contributed by atoms with Crippen molar-refractivity contribution in [3.05, 3.63) is 36.0 Å². The second kappa shape index (κ2) is 4.78. The maximum Gasteiger partial charge on any atom is 0.152 e. The Bertz CT molecular complexity index is 527. The summed E-state index contributed by atoms with van der Waals surface area (Å²) in [7, 11) is 3.72. The van der Waals surface area contributed by atoms with Gasteiger partial charge in [0.1, 0.15) is 0 Å². The second-order valence-electron chi connectivity index (χ2n) is 3.69. The van der Waals surface area contributed by atoms with Gasteiger partial charge < -0.3 is 5.32 Å². The summed E-state index contributed by atoms with van der Waals surface area (Å²) < 4.78 is 1.76. The summed E-state index contributed by atoms with van der Waals surface area (Å²) in [6.07, 6.45) is 0. The predicted molar refractivity (Wildman–Crippen MR) is 68.1 cm³/mol. The van der Waals surface area contributed by atoms with Crippen LogP contribution in [0.5, 0.6) is 0 Å². The molecule has 0 bridgehead atoms. The number of hydrogen-bond donors (Lipinski definition) is 1. The average molecular weight is 229 g/mol. The van der Waals surface area contributed by atoms with Crippen molar-refractivity contribution in [2.45, 2.75) is 6.92 Å². The van der Waals surface area contributed by atoms with Gasteiger partial charge in [-0.2, -0.15) is 10.2 Å². The van der Waals surface area contributed by atoms with Crippen LogP contribution in [0.2, 0.25) is 0 Å². The van der Waals surface area contributed by atoms with Crippen LogP contribution in [0.3, 0.4) is 0 Å². The smallest absolute Gasteiger partial charge is 0.152 e. The Morgan fingerprint density at radius 2 is 1.88 bits per heavy atom. The SMILES string of the molecule is CNc1c(N=Nc2ccccc2)c(C)nn1C. The van der Waals surface area contributed by atoms with Crippen molar-refractivity contribution >= 4 is 17.2 Å². The van der Waals surface area contributed by atoms with Crippen LogP contribution in [0.25, 0.3) is 0 Å². The summed E-state index contributed by atoms with van der Waals surface area (Å²) in [5.41, 5.74) is 2.47. The lowest BCUT2D eigenvalue weighted by atomic mass is 10.3. The van der Waals surface area contributed by atoms with E-state index in [4.69, 9.17) is 0 Å². The van der Waals surface area contributed by atoms with E-state index in [1.165, 1.54) is 0 Å². The third kappa shape index (κ3) is 2.33. The summed E-state index contributed by atoms with van der Waals surface area (Å²) in [4.78, 5) is 0. The molecule has 0 radical (unpaired) electrons. The summed E-state index contributed by atoms with van der Waals surface area (Å²) in [5.74, 6) is 0.863. The molecular formula is C12H15N5. The van der Waals surface area contributed by atoms with Crippen LogP contribution >= 0.6 is 0 Å². The van der Waals surface area contributed by atoms with Crippen LogP contribution in [0.4, 0.5) is 17.2 Å². The van der Waals surface area contributed by atoms with Crippen LogP contribution in [-0.4, -0.2) is 16.8 Å². The largest absolute Gasteiger partial charge is 0.371 e. The number of anilines is 1. The fourth-order valence-corrected chi connectivity index (χ4v) is 1.65. The highest BCUT2D eigenvalue weighted by atomic mass is 15.3. The number of nitrogens with one attached hydrogen (secondary N) is 1. The molecule has 0 saturated carbocycles. The maximum atomic E-state index is 4.29. The van der Waals surface area contributed by atoms with Gasteiger partial charge in [0.2, 0.25) is 0 Å². The first-order chi connectivity index (χ1) is 8.22. The highest BCUT2D eigenvalue weighted by molar-refractivity contribution is 5.63. The molecule has 0 saturated heterocycles. The van der Waals surface area contributed by atoms with Gasteiger partial charge >= 0.3 is 0 Å². The zero-order valence-electron chi connectivity index (χ0n) is 10.2. The molecule has 0 atom stereocenters. The molecule has 5 nitrogen and oxygen atoms in total. The zero-order valence-corrected chi connectivity index (χ0v) is 10.2. The lowest BCUT2D eigenvalue weighted by Crippen LogP contribution is -1.98. The van der Waals surface area contributed by atoms with Gasteiger partial charge in [-0.25, -0.2) is 0 Å². The maximum absolute atomic E-state index is 4.29. The number of nitrogens with zero attached hydrogens (tertiary/aromatic N) is 4. The van der Waals surface area contributed by atoms with Gasteiger partial charge in [-0.3, -0.25) is 4.68 Å². The number of hydrogen-bond acceptors (Lipinski definition) is 4. The van der Waals surface area contributed by atoms with Crippen LogP contribution in [0.1, 0.15) is 5.69 Å². The van der Waals surface area contributed by atoms with E-state index in [1.807, 2.05) is 51.4 Å². The standard InChI is InChI=1S/C12H15N5/c1-9-11(12(13-2)17(3)16-9)15-14-10-7-5-4-6-8-10/h4-8,13H,1-3H3. The molecule has 17 heavy (non-hydrogen) atoms. The van der Waals surface area contributed by atoms with E-state index in [0.29, 0.717) is 0 Å². The minimum Gasteiger partial charge on any atom is -0.371 e. The zero-order chi connectivity index (χ0) is 12.3. The van der Waals surface area contributed by atoms with Gasteiger partial charge in [-0.15, -0.1) is 5.11 Å². The predicted octanol–water partition coefficient (Wildman–Crippen LogP) is 3.19. The molecule has 88 valence electrons. The third-order valence-electron chi connectivity index (χ3n) is 2.45. The van der Waals surface area contributed by atoms with Gasteiger partial charge in [0.15, 0.2) is 11.5 Å². The highest BCUT2D eigenvalue weighted by Gasteiger charge is 2.10. The van der Waals surface area contributed by atoms with E-state index >= 15 is 0 Å². The molecular weight excluding hydrogens is 214 g/mol. The molecule has 1 aromatic carbocycles. The number of azo groups is 1. The van der Waals surface area contributed by atoms with Gasteiger partial charge in [0.05, 0.1) is 11.4 Å². The number of aromatic nitrogens is 2. The van der Waals surface area contributed by atoms with Crippen molar-refractivity contribution in [1.82, 2.24) is 9.78 Å². The minimum absolute atomic E-state index is 0.777. The van der Waals surface area contributed by atoms with Gasteiger partial charge in [-0.1, -0.05) is 18.2 Å². The lowest BCUT2D eigenvalue weighted by molar-refractivity contribution is 0.763. The van der Waals surface area contributed by atoms with Crippen molar-refractivity contribution in [3.8, 4) is 0 Å². The van der Waals surface area contributed by atoms with Crippen LogP contribution in [-0.2, 0) is 7.05 Å². The minimum atomic E-state index is 0.777. The van der Waals surface area contributed by atoms with Gasteiger partial charge in [0, 0.05) is 14.1 Å². The first kappa shape index (κ1) is 11.3. The van der Waals surface area contributed by atoms with E-state index in [2.05, 4.69) is 20.6 Å². The number of aryl methyl sites for hydroxylation is 2. The van der Waals surface area contributed by atoms with Crippen molar-refractivity contribution in [2.24, 2.45) is 17.3 Å². The summed E-state index contributed by atoms with van der Waals surface area (Å²) in [6.45, 7) is 1.92. The average Bonchev–Trinajstić information content (AvgIpc) is 2.62. The Morgan fingerprint density at radius 1 is 1.18 bits per heavy atom. The van der Waals surface area contributed by atoms with Crippen molar-refractivity contribution in [1.29, 1.82) is 0 Å². The first-order valence-electron chi connectivity index (χ1n) is 5.40. The van der Waals surface area contributed by atoms with E-state index in [9.17, 15) is 0 Å². The summed E-state index contributed by atoms with van der Waals surface area (Å²) >= 11 is 0. The van der Waals surface area contributed by atoms with Gasteiger partial charge in [0.25, 0.3) is 0 Å². The van der Waals surface area contributed by atoms with E-state index in [1.54, 1.807) is 4.68 Å². The Morgan fingerprint density at radius 3 is 2.53 bits per heavy atom. The monoisotopic (exact) mass is 229 g/mol. The molecule has 0 amide bonds. The fourth-order valence-electron chi connectivity index (χ4n) is 1.65. The highest BCUT2D eigenvalue weighted by Crippen LogP contribution is 2.29. The van der Waals surface area contributed by atoms with E-state index in [-0.39, 0.29) is 0 Å². The van der Waals surface area contributed by atoms with Crippen LogP contribution < -0.4 is 5.32 Å². The van der Waals surface area contributed by atoms with Crippen LogP contribution in [0.15, 0.2) is 40.6 Å². The molecule has 1 N–H and O–H groups in total. The van der Waals surface area contributed by atoms with Crippen molar-refractivity contribution < 1.29 is 0 Å². The molecule has 2 rings (SSSR count). The molecule has 0 aliphatic rings. The van der Waals surface area contributed by atoms with E-state index in [0.717, 1.165) is 22.9 Å². The topological polar surface area (TPSA) is 54.6 Å². The van der Waals surface area contributed by atoms with E-state index < -0.39 is 0 Å². The summed E-state index contributed by atoms with van der Waals surface area (Å²) in [6, 6.07) is 9.64.